The predicted octanol–water partition coefficient (Wildman–Crippen LogP) is 1.98. The summed E-state index contributed by atoms with van der Waals surface area (Å²) in [5.74, 6) is 1.95. The van der Waals surface area contributed by atoms with Gasteiger partial charge in [-0.2, -0.15) is 0 Å². The topological polar surface area (TPSA) is 41.9 Å². The van der Waals surface area contributed by atoms with Crippen LogP contribution in [0.1, 0.15) is 25.7 Å². The first kappa shape index (κ1) is 13.4. The molecule has 0 aromatic carbocycles. The average molecular weight is 289 g/mol. The van der Waals surface area contributed by atoms with Gasteiger partial charge in [0.05, 0.1) is 18.6 Å². The van der Waals surface area contributed by atoms with Gasteiger partial charge in [0.1, 0.15) is 11.9 Å². The van der Waals surface area contributed by atoms with Gasteiger partial charge < -0.3 is 19.5 Å². The van der Waals surface area contributed by atoms with Gasteiger partial charge in [0.25, 0.3) is 0 Å². The fourth-order valence-electron chi connectivity index (χ4n) is 4.41. The van der Waals surface area contributed by atoms with Gasteiger partial charge in [-0.15, -0.1) is 0 Å². The van der Waals surface area contributed by atoms with Crippen LogP contribution in [0.4, 0.5) is 0 Å². The molecule has 114 valence electrons. The molecule has 0 aromatic heterocycles. The van der Waals surface area contributed by atoms with Crippen LogP contribution < -0.4 is 0 Å². The molecule has 4 heteroatoms. The highest BCUT2D eigenvalue weighted by Gasteiger charge is 2.55. The number of ether oxygens (including phenoxy) is 2. The second kappa shape index (κ2) is 4.62. The van der Waals surface area contributed by atoms with Crippen molar-refractivity contribution < 1.29 is 14.6 Å². The number of aliphatic hydroxyl groups excluding tert-OH is 1. The summed E-state index contributed by atoms with van der Waals surface area (Å²) in [5, 5.41) is 9.99. The van der Waals surface area contributed by atoms with Crippen molar-refractivity contribution in [2.24, 2.45) is 5.41 Å². The van der Waals surface area contributed by atoms with E-state index in [1.165, 1.54) is 11.1 Å². The molecule has 4 nitrogen and oxygen atoms in total. The minimum Gasteiger partial charge on any atom is -0.497 e. The molecule has 4 aliphatic rings. The van der Waals surface area contributed by atoms with Gasteiger partial charge >= 0.3 is 0 Å². The lowest BCUT2D eigenvalue weighted by Gasteiger charge is -2.35. The van der Waals surface area contributed by atoms with Crippen molar-refractivity contribution in [1.29, 1.82) is 0 Å². The number of likely N-dealkylation sites (N-methyl/N-ethyl adjacent to an activating group) is 1. The largest absolute Gasteiger partial charge is 0.497 e. The lowest BCUT2D eigenvalue weighted by Crippen LogP contribution is -2.38. The summed E-state index contributed by atoms with van der Waals surface area (Å²) in [5.41, 5.74) is 2.80. The first-order chi connectivity index (χ1) is 10.1. The monoisotopic (exact) mass is 289 g/mol. The molecule has 0 aromatic rings. The molecule has 1 saturated heterocycles. The molecule has 0 bridgehead atoms. The van der Waals surface area contributed by atoms with Crippen LogP contribution in [0.3, 0.4) is 0 Å². The van der Waals surface area contributed by atoms with E-state index in [4.69, 9.17) is 9.47 Å². The normalized spacial score (nSPS) is 38.8. The molecule has 2 aliphatic heterocycles. The Labute approximate surface area is 125 Å². The minimum atomic E-state index is -0.391. The lowest BCUT2D eigenvalue weighted by molar-refractivity contribution is 0.0351. The van der Waals surface area contributed by atoms with Crippen molar-refractivity contribution in [1.82, 2.24) is 4.90 Å². The van der Waals surface area contributed by atoms with Crippen LogP contribution in [0.2, 0.25) is 0 Å². The quantitative estimate of drug-likeness (QED) is 0.750. The Morgan fingerprint density at radius 2 is 2.29 bits per heavy atom. The molecule has 2 heterocycles. The molecule has 1 fully saturated rings. The van der Waals surface area contributed by atoms with Crippen LogP contribution in [0, 0.1) is 5.41 Å². The van der Waals surface area contributed by atoms with Gasteiger partial charge in [-0.3, -0.25) is 0 Å². The summed E-state index contributed by atoms with van der Waals surface area (Å²) in [4.78, 5) is 2.40. The van der Waals surface area contributed by atoms with Crippen molar-refractivity contribution in [2.75, 3.05) is 27.2 Å². The van der Waals surface area contributed by atoms with Gasteiger partial charge in [-0.05, 0) is 32.0 Å². The Bertz CT molecular complexity index is 562. The SMILES string of the molecule is COC1=C2OC3CC(O)C=CC34CCN(C)CC(=C24)CC1. The maximum atomic E-state index is 9.99. The Hall–Kier alpha value is -1.26. The van der Waals surface area contributed by atoms with Crippen LogP contribution in [0.15, 0.2) is 34.8 Å². The van der Waals surface area contributed by atoms with Gasteiger partial charge in [0.2, 0.25) is 0 Å². The molecule has 2 aliphatic carbocycles. The molecular formula is C17H23NO3. The zero-order valence-electron chi connectivity index (χ0n) is 12.8. The molecule has 0 radical (unpaired) electrons. The van der Waals surface area contributed by atoms with Crippen LogP contribution in [0.5, 0.6) is 0 Å². The number of nitrogens with zero attached hydrogens (tertiary/aromatic N) is 1. The molecule has 3 atom stereocenters. The average Bonchev–Trinajstić information content (AvgIpc) is 2.72. The Morgan fingerprint density at radius 1 is 1.43 bits per heavy atom. The molecule has 3 unspecified atom stereocenters. The summed E-state index contributed by atoms with van der Waals surface area (Å²) in [6, 6.07) is 0. The van der Waals surface area contributed by atoms with Crippen molar-refractivity contribution in [2.45, 2.75) is 37.9 Å². The van der Waals surface area contributed by atoms with Crippen LogP contribution in [-0.2, 0) is 9.47 Å². The molecule has 1 spiro atoms. The smallest absolute Gasteiger partial charge is 0.161 e. The number of hydrogen-bond acceptors (Lipinski definition) is 4. The van der Waals surface area contributed by atoms with Crippen molar-refractivity contribution in [3.05, 3.63) is 34.8 Å². The third-order valence-electron chi connectivity index (χ3n) is 5.47. The van der Waals surface area contributed by atoms with E-state index in [-0.39, 0.29) is 11.5 Å². The second-order valence-corrected chi connectivity index (χ2v) is 6.73. The number of rotatable bonds is 1. The number of aliphatic hydroxyl groups is 1. The predicted molar refractivity (Wildman–Crippen MR) is 79.5 cm³/mol. The number of hydrogen-bond donors (Lipinski definition) is 1. The third kappa shape index (κ3) is 1.82. The second-order valence-electron chi connectivity index (χ2n) is 6.73. The first-order valence-corrected chi connectivity index (χ1v) is 7.86. The van der Waals surface area contributed by atoms with E-state index < -0.39 is 6.10 Å². The Morgan fingerprint density at radius 3 is 3.10 bits per heavy atom. The maximum Gasteiger partial charge on any atom is 0.161 e. The first-order valence-electron chi connectivity index (χ1n) is 7.86. The molecule has 1 N–H and O–H groups in total. The molecule has 4 rings (SSSR count). The zero-order valence-corrected chi connectivity index (χ0v) is 12.8. The Balaban J connectivity index is 1.91. The highest BCUT2D eigenvalue weighted by atomic mass is 16.5. The molecule has 0 saturated carbocycles. The van der Waals surface area contributed by atoms with Crippen LogP contribution in [-0.4, -0.2) is 49.5 Å². The van der Waals surface area contributed by atoms with Gasteiger partial charge in [0, 0.05) is 25.0 Å². The van der Waals surface area contributed by atoms with Gasteiger partial charge in [-0.1, -0.05) is 12.2 Å². The van der Waals surface area contributed by atoms with Crippen molar-refractivity contribution in [3.63, 3.8) is 0 Å². The minimum absolute atomic E-state index is 0.0484. The van der Waals surface area contributed by atoms with Crippen molar-refractivity contribution >= 4 is 0 Å². The van der Waals surface area contributed by atoms with Gasteiger partial charge in [-0.25, -0.2) is 0 Å². The highest BCUT2D eigenvalue weighted by molar-refractivity contribution is 5.51. The summed E-state index contributed by atoms with van der Waals surface area (Å²) in [6.07, 6.45) is 7.54. The fourth-order valence-corrected chi connectivity index (χ4v) is 4.41. The zero-order chi connectivity index (χ0) is 14.6. The maximum absolute atomic E-state index is 9.99. The van der Waals surface area contributed by atoms with Crippen molar-refractivity contribution in [3.8, 4) is 0 Å². The lowest BCUT2D eigenvalue weighted by atomic mass is 9.67. The summed E-state index contributed by atoms with van der Waals surface area (Å²) < 4.78 is 11.9. The van der Waals surface area contributed by atoms with E-state index >= 15 is 0 Å². The summed E-state index contributed by atoms with van der Waals surface area (Å²) >= 11 is 0. The standard InChI is InChI=1S/C17H23NO3/c1-18-8-7-17-6-5-12(19)9-14(17)21-16-13(20-2)4-3-11(10-18)15(16)17/h5-6,12,14,19H,3-4,7-10H2,1-2H3. The summed E-state index contributed by atoms with van der Waals surface area (Å²) in [7, 11) is 3.93. The number of allylic oxidation sites excluding steroid dienone is 2. The molecule has 21 heavy (non-hydrogen) atoms. The fraction of sp³-hybridized carbons (Fsp3) is 0.647. The van der Waals surface area contributed by atoms with Gasteiger partial charge in [0.15, 0.2) is 5.76 Å². The highest BCUT2D eigenvalue weighted by Crippen LogP contribution is 2.57. The van der Waals surface area contributed by atoms with Crippen LogP contribution >= 0.6 is 0 Å². The van der Waals surface area contributed by atoms with E-state index in [0.717, 1.165) is 43.9 Å². The summed E-state index contributed by atoms with van der Waals surface area (Å²) in [6.45, 7) is 2.08. The Kier molecular flexibility index (Phi) is 2.95. The van der Waals surface area contributed by atoms with E-state index in [2.05, 4.69) is 18.0 Å². The third-order valence-corrected chi connectivity index (χ3v) is 5.47. The number of methoxy groups -OCH3 is 1. The van der Waals surface area contributed by atoms with E-state index in [1.807, 2.05) is 6.08 Å². The van der Waals surface area contributed by atoms with E-state index in [1.54, 1.807) is 7.11 Å². The van der Waals surface area contributed by atoms with Crippen LogP contribution in [0.25, 0.3) is 0 Å². The molecular weight excluding hydrogens is 266 g/mol. The van der Waals surface area contributed by atoms with E-state index in [9.17, 15) is 5.11 Å². The van der Waals surface area contributed by atoms with E-state index in [0.29, 0.717) is 6.42 Å². The molecule has 0 amide bonds.